The van der Waals surface area contributed by atoms with Crippen LogP contribution >= 0.6 is 23.2 Å². The van der Waals surface area contributed by atoms with Gasteiger partial charge < -0.3 is 29.1 Å². The molecule has 1 fully saturated rings. The van der Waals surface area contributed by atoms with E-state index in [4.69, 9.17) is 37.4 Å². The summed E-state index contributed by atoms with van der Waals surface area (Å²) >= 11 is 12.6. The van der Waals surface area contributed by atoms with Gasteiger partial charge in [0.1, 0.15) is 21.9 Å². The van der Waals surface area contributed by atoms with Gasteiger partial charge in [-0.25, -0.2) is 4.79 Å². The lowest BCUT2D eigenvalue weighted by molar-refractivity contribution is -0.605. The second-order valence-electron chi connectivity index (χ2n) is 9.51. The standard InChI is InChI=1S/C28H28Cl2F2N2O6/c1-33(2)22-10-18(7-8-23(22)37-3)27(35)39-25(12-19-20(29)13-34(36)14-21(19)30)17-6-9-24(40-28(31)32)26(11-17)38-15-16-4-5-16/h6-11,13-14,16,25,28H,4-5,12,15H2,1-3H3. The lowest BCUT2D eigenvalue weighted by atomic mass is 10.0. The summed E-state index contributed by atoms with van der Waals surface area (Å²) in [6.07, 6.45) is 3.26. The number of halogens is 4. The Labute approximate surface area is 240 Å². The summed E-state index contributed by atoms with van der Waals surface area (Å²) in [5.41, 5.74) is 1.70. The minimum atomic E-state index is -3.05. The summed E-state index contributed by atoms with van der Waals surface area (Å²) in [6.45, 7) is -2.71. The van der Waals surface area contributed by atoms with Crippen LogP contribution in [0.15, 0.2) is 48.8 Å². The average molecular weight is 597 g/mol. The first-order chi connectivity index (χ1) is 19.0. The van der Waals surface area contributed by atoms with E-state index in [0.29, 0.717) is 39.8 Å². The van der Waals surface area contributed by atoms with Gasteiger partial charge in [-0.1, -0.05) is 29.3 Å². The van der Waals surface area contributed by atoms with Crippen LogP contribution in [0.1, 0.15) is 40.4 Å². The van der Waals surface area contributed by atoms with E-state index >= 15 is 0 Å². The smallest absolute Gasteiger partial charge is 0.387 e. The number of hydrogen-bond acceptors (Lipinski definition) is 7. The first kappa shape index (κ1) is 29.5. The highest BCUT2D eigenvalue weighted by Crippen LogP contribution is 2.38. The summed E-state index contributed by atoms with van der Waals surface area (Å²) in [7, 11) is 5.15. The first-order valence-corrected chi connectivity index (χ1v) is 13.2. The van der Waals surface area contributed by atoms with Gasteiger partial charge in [-0.2, -0.15) is 13.5 Å². The lowest BCUT2D eigenvalue weighted by Gasteiger charge is -2.22. The zero-order valence-corrected chi connectivity index (χ0v) is 23.5. The summed E-state index contributed by atoms with van der Waals surface area (Å²) < 4.78 is 48.4. The number of alkyl halides is 2. The lowest BCUT2D eigenvalue weighted by Crippen LogP contribution is -2.25. The van der Waals surface area contributed by atoms with Crippen molar-refractivity contribution in [1.82, 2.24) is 0 Å². The summed E-state index contributed by atoms with van der Waals surface area (Å²) in [5, 5.41) is 11.9. The number of nitrogens with zero attached hydrogens (tertiary/aromatic N) is 2. The number of pyridine rings is 1. The molecule has 0 radical (unpaired) electrons. The third-order valence-electron chi connectivity index (χ3n) is 6.32. The molecule has 0 N–H and O–H groups in total. The van der Waals surface area contributed by atoms with Gasteiger partial charge >= 0.3 is 12.6 Å². The number of methoxy groups -OCH3 is 1. The van der Waals surface area contributed by atoms with E-state index in [-0.39, 0.29) is 33.5 Å². The highest BCUT2D eigenvalue weighted by Gasteiger charge is 2.27. The highest BCUT2D eigenvalue weighted by atomic mass is 35.5. The molecule has 40 heavy (non-hydrogen) atoms. The molecule has 1 heterocycles. The van der Waals surface area contributed by atoms with Crippen LogP contribution in [-0.4, -0.2) is 40.4 Å². The van der Waals surface area contributed by atoms with Crippen LogP contribution < -0.4 is 23.8 Å². The van der Waals surface area contributed by atoms with E-state index in [1.165, 1.54) is 25.3 Å². The maximum Gasteiger partial charge on any atom is 0.387 e. The molecule has 1 aromatic heterocycles. The Morgan fingerprint density at radius 2 is 1.75 bits per heavy atom. The highest BCUT2D eigenvalue weighted by molar-refractivity contribution is 6.35. The largest absolute Gasteiger partial charge is 0.619 e. The van der Waals surface area contributed by atoms with Crippen molar-refractivity contribution in [2.45, 2.75) is 32.0 Å². The Hall–Kier alpha value is -3.50. The van der Waals surface area contributed by atoms with E-state index < -0.39 is 18.7 Å². The third-order valence-corrected chi connectivity index (χ3v) is 6.97. The van der Waals surface area contributed by atoms with E-state index in [9.17, 15) is 18.8 Å². The minimum absolute atomic E-state index is 0.0158. The Morgan fingerprint density at radius 3 is 2.35 bits per heavy atom. The van der Waals surface area contributed by atoms with E-state index in [2.05, 4.69) is 4.74 Å². The Kier molecular flexibility index (Phi) is 9.42. The first-order valence-electron chi connectivity index (χ1n) is 12.4. The topological polar surface area (TPSA) is 84.2 Å². The number of aromatic nitrogens is 1. The molecule has 0 aliphatic heterocycles. The maximum absolute atomic E-state index is 13.4. The molecule has 0 saturated heterocycles. The molecular weight excluding hydrogens is 569 g/mol. The maximum atomic E-state index is 13.4. The second kappa shape index (κ2) is 12.8. The van der Waals surface area contributed by atoms with Crippen molar-refractivity contribution >= 4 is 34.9 Å². The molecule has 214 valence electrons. The fraction of sp³-hybridized carbons (Fsp3) is 0.357. The Bertz CT molecular complexity index is 1350. The van der Waals surface area contributed by atoms with Gasteiger partial charge in [0.25, 0.3) is 0 Å². The fourth-order valence-electron chi connectivity index (χ4n) is 4.03. The van der Waals surface area contributed by atoms with E-state index in [1.54, 1.807) is 23.1 Å². The molecule has 4 rings (SSSR count). The number of hydrogen-bond donors (Lipinski definition) is 0. The van der Waals surface area contributed by atoms with Crippen LogP contribution in [0.5, 0.6) is 17.2 Å². The van der Waals surface area contributed by atoms with Gasteiger partial charge in [0.15, 0.2) is 23.9 Å². The number of benzene rings is 2. The van der Waals surface area contributed by atoms with E-state index in [0.717, 1.165) is 25.2 Å². The number of esters is 1. The molecular formula is C28H28Cl2F2N2O6. The third kappa shape index (κ3) is 7.37. The molecule has 1 saturated carbocycles. The predicted molar refractivity (Wildman–Crippen MR) is 146 cm³/mol. The van der Waals surface area contributed by atoms with Crippen molar-refractivity contribution in [3.8, 4) is 17.2 Å². The van der Waals surface area contributed by atoms with Crippen LogP contribution in [0.25, 0.3) is 0 Å². The van der Waals surface area contributed by atoms with Crippen LogP contribution in [-0.2, 0) is 11.2 Å². The molecule has 8 nitrogen and oxygen atoms in total. The minimum Gasteiger partial charge on any atom is -0.619 e. The number of ether oxygens (including phenoxy) is 4. The molecule has 12 heteroatoms. The van der Waals surface area contributed by atoms with Gasteiger partial charge in [0.05, 0.1) is 25.0 Å². The predicted octanol–water partition coefficient (Wildman–Crippen LogP) is 6.23. The van der Waals surface area contributed by atoms with Crippen molar-refractivity contribution < 1.29 is 37.3 Å². The zero-order chi connectivity index (χ0) is 29.0. The second-order valence-corrected chi connectivity index (χ2v) is 10.3. The molecule has 0 bridgehead atoms. The van der Waals surface area contributed by atoms with Crippen molar-refractivity contribution in [3.63, 3.8) is 0 Å². The molecule has 1 aliphatic rings. The molecule has 1 aliphatic carbocycles. The van der Waals surface area contributed by atoms with Gasteiger partial charge in [0.2, 0.25) is 0 Å². The molecule has 0 spiro atoms. The monoisotopic (exact) mass is 596 g/mol. The van der Waals surface area contributed by atoms with Crippen LogP contribution in [0.2, 0.25) is 10.0 Å². The van der Waals surface area contributed by atoms with Crippen molar-refractivity contribution in [3.05, 3.63) is 80.7 Å². The quantitative estimate of drug-likeness (QED) is 0.139. The Morgan fingerprint density at radius 1 is 1.07 bits per heavy atom. The number of carbonyl (C=O) groups excluding carboxylic acids is 1. The van der Waals surface area contributed by atoms with Gasteiger partial charge in [-0.15, -0.1) is 0 Å². The summed E-state index contributed by atoms with van der Waals surface area (Å²) in [4.78, 5) is 15.2. The van der Waals surface area contributed by atoms with Gasteiger partial charge in [0, 0.05) is 26.1 Å². The fourth-order valence-corrected chi connectivity index (χ4v) is 4.62. The zero-order valence-electron chi connectivity index (χ0n) is 22.0. The molecule has 1 unspecified atom stereocenters. The summed E-state index contributed by atoms with van der Waals surface area (Å²) in [6, 6.07) is 9.18. The summed E-state index contributed by atoms with van der Waals surface area (Å²) in [5.74, 6) is 0.203. The molecule has 1 atom stereocenters. The number of anilines is 1. The van der Waals surface area contributed by atoms with E-state index in [1.807, 2.05) is 14.1 Å². The van der Waals surface area contributed by atoms with Crippen LogP contribution in [0.4, 0.5) is 14.5 Å². The van der Waals surface area contributed by atoms with Crippen molar-refractivity contribution in [1.29, 1.82) is 0 Å². The average Bonchev–Trinajstić information content (AvgIpc) is 3.73. The molecule has 3 aromatic rings. The van der Waals surface area contributed by atoms with Gasteiger partial charge in [-0.05, 0) is 54.7 Å². The molecule has 2 aromatic carbocycles. The van der Waals surface area contributed by atoms with Gasteiger partial charge in [-0.3, -0.25) is 0 Å². The van der Waals surface area contributed by atoms with Crippen molar-refractivity contribution in [2.24, 2.45) is 5.92 Å². The number of carbonyl (C=O) groups is 1. The van der Waals surface area contributed by atoms with Crippen molar-refractivity contribution in [2.75, 3.05) is 32.7 Å². The molecule has 0 amide bonds. The number of rotatable bonds is 12. The SMILES string of the molecule is COc1ccc(C(=O)OC(Cc2c(Cl)c[n+]([O-])cc2Cl)c2ccc(OC(F)F)c(OCC3CC3)c2)cc1N(C)C. The Balaban J connectivity index is 1.71. The normalized spacial score (nSPS) is 13.6. The van der Waals surface area contributed by atoms with Crippen LogP contribution in [0, 0.1) is 11.1 Å². The van der Waals surface area contributed by atoms with Crippen LogP contribution in [0.3, 0.4) is 0 Å².